The summed E-state index contributed by atoms with van der Waals surface area (Å²) in [6, 6.07) is 0. The Hall–Kier alpha value is 1.60. The molecule has 0 amide bonds. The molecule has 0 aliphatic heterocycles. The van der Waals surface area contributed by atoms with Crippen LogP contribution in [0.15, 0.2) is 0 Å². The predicted octanol–water partition coefficient (Wildman–Crippen LogP) is 0.662. The van der Waals surface area contributed by atoms with Gasteiger partial charge in [0.2, 0.25) is 0 Å². The average molecular weight is 113 g/mol. The maximum absolute atomic E-state index is 4.83. The summed E-state index contributed by atoms with van der Waals surface area (Å²) < 4.78 is 4.83. The Morgan fingerprint density at radius 1 is 1.17 bits per heavy atom. The van der Waals surface area contributed by atoms with E-state index in [1.807, 2.05) is 13.8 Å². The van der Waals surface area contributed by atoms with Gasteiger partial charge in [-0.15, -0.1) is 0 Å². The average Bonchev–Trinajstić information content (AvgIpc) is 1.41. The molecule has 1 nitrogen and oxygen atoms in total. The molecule has 0 N–H and O–H groups in total. The fraction of sp³-hybridized carbons (Fsp3) is 1.00. The Kier molecular flexibility index (Phi) is 17.2. The normalized spacial score (nSPS) is 7.00. The van der Waals surface area contributed by atoms with Crippen molar-refractivity contribution in [2.24, 2.45) is 0 Å². The van der Waals surface area contributed by atoms with E-state index in [0.29, 0.717) is 0 Å². The Morgan fingerprint density at radius 2 is 1.50 bits per heavy atom. The van der Waals surface area contributed by atoms with E-state index < -0.39 is 0 Å². The Labute approximate surface area is 81.9 Å². The first kappa shape index (κ1) is 10.6. The minimum Gasteiger partial charge on any atom is -0.382 e. The largest absolute Gasteiger partial charge is 0.382 e. The van der Waals surface area contributed by atoms with Crippen LogP contribution in [0.1, 0.15) is 13.8 Å². The SMILES string of the molecule is CCOCC.[K]. The van der Waals surface area contributed by atoms with Gasteiger partial charge in [-0.3, -0.25) is 0 Å². The van der Waals surface area contributed by atoms with Gasteiger partial charge in [0.05, 0.1) is 0 Å². The van der Waals surface area contributed by atoms with E-state index in [1.54, 1.807) is 0 Å². The second-order valence-corrected chi connectivity index (χ2v) is 0.781. The van der Waals surface area contributed by atoms with Crippen LogP contribution in [-0.4, -0.2) is 64.6 Å². The third-order valence-electron chi connectivity index (χ3n) is 0.408. The van der Waals surface area contributed by atoms with Crippen molar-refractivity contribution in [3.63, 3.8) is 0 Å². The number of hydrogen-bond donors (Lipinski definition) is 0. The number of hydrogen-bond acceptors (Lipinski definition) is 1. The van der Waals surface area contributed by atoms with Crippen molar-refractivity contribution < 1.29 is 4.74 Å². The van der Waals surface area contributed by atoms with Gasteiger partial charge in [-0.1, -0.05) is 0 Å². The Morgan fingerprint density at radius 3 is 1.50 bits per heavy atom. The standard InChI is InChI=1S/C4H10O.K/c1-3-5-4-2;/h3-4H2,1-2H3;. The molecule has 0 bridgehead atoms. The molecule has 0 aromatic heterocycles. The summed E-state index contributed by atoms with van der Waals surface area (Å²) in [6.45, 7) is 5.67. The van der Waals surface area contributed by atoms with Gasteiger partial charge < -0.3 is 4.74 Å². The van der Waals surface area contributed by atoms with E-state index >= 15 is 0 Å². The summed E-state index contributed by atoms with van der Waals surface area (Å²) >= 11 is 0. The summed E-state index contributed by atoms with van der Waals surface area (Å²) in [7, 11) is 0. The fourth-order valence-electron chi connectivity index (χ4n) is 0.204. The summed E-state index contributed by atoms with van der Waals surface area (Å²) in [4.78, 5) is 0. The van der Waals surface area contributed by atoms with E-state index in [2.05, 4.69) is 0 Å². The Bertz CT molecular complexity index is 15.0. The third-order valence-corrected chi connectivity index (χ3v) is 0.408. The van der Waals surface area contributed by atoms with Crippen LogP contribution < -0.4 is 0 Å². The van der Waals surface area contributed by atoms with E-state index in [4.69, 9.17) is 4.74 Å². The van der Waals surface area contributed by atoms with Crippen molar-refractivity contribution in [2.75, 3.05) is 13.2 Å². The molecule has 0 spiro atoms. The maximum atomic E-state index is 4.83. The molecule has 0 atom stereocenters. The van der Waals surface area contributed by atoms with Gasteiger partial charge in [-0.25, -0.2) is 0 Å². The van der Waals surface area contributed by atoms with Crippen LogP contribution >= 0.6 is 0 Å². The van der Waals surface area contributed by atoms with Crippen molar-refractivity contribution in [3.8, 4) is 0 Å². The summed E-state index contributed by atoms with van der Waals surface area (Å²) in [6.07, 6.45) is 0. The minimum absolute atomic E-state index is 0. The number of rotatable bonds is 2. The first-order chi connectivity index (χ1) is 2.41. The third kappa shape index (κ3) is 9.14. The first-order valence-corrected chi connectivity index (χ1v) is 1.99. The van der Waals surface area contributed by atoms with E-state index in [1.165, 1.54) is 0 Å². The van der Waals surface area contributed by atoms with Gasteiger partial charge in [-0.2, -0.15) is 0 Å². The van der Waals surface area contributed by atoms with Gasteiger partial charge in [0.25, 0.3) is 0 Å². The zero-order valence-electron chi connectivity index (χ0n) is 4.82. The van der Waals surface area contributed by atoms with Gasteiger partial charge in [0.1, 0.15) is 0 Å². The molecule has 0 saturated heterocycles. The zero-order chi connectivity index (χ0) is 4.12. The molecule has 0 aliphatic rings. The molecule has 0 unspecified atom stereocenters. The zero-order valence-corrected chi connectivity index (χ0v) is 7.95. The molecule has 0 aromatic carbocycles. The van der Waals surface area contributed by atoms with Gasteiger partial charge in [0.15, 0.2) is 0 Å². The topological polar surface area (TPSA) is 9.23 Å². The molecule has 0 aromatic rings. The first-order valence-electron chi connectivity index (χ1n) is 1.99. The van der Waals surface area contributed by atoms with Crippen LogP contribution in [0.4, 0.5) is 0 Å². The molecule has 0 heterocycles. The van der Waals surface area contributed by atoms with Gasteiger partial charge >= 0.3 is 0 Å². The van der Waals surface area contributed by atoms with Crippen LogP contribution in [-0.2, 0) is 4.74 Å². The molecule has 0 saturated carbocycles. The molecule has 33 valence electrons. The molecule has 0 fully saturated rings. The van der Waals surface area contributed by atoms with E-state index in [-0.39, 0.29) is 51.4 Å². The monoisotopic (exact) mass is 113 g/mol. The summed E-state index contributed by atoms with van der Waals surface area (Å²) in [5, 5.41) is 0. The molecule has 2 heteroatoms. The molecule has 6 heavy (non-hydrogen) atoms. The second kappa shape index (κ2) is 9.78. The molecular formula is C4H10KO. The minimum atomic E-state index is 0. The molecule has 0 rings (SSSR count). The van der Waals surface area contributed by atoms with Crippen LogP contribution in [0.2, 0.25) is 0 Å². The van der Waals surface area contributed by atoms with Crippen LogP contribution in [0.5, 0.6) is 0 Å². The van der Waals surface area contributed by atoms with E-state index in [9.17, 15) is 0 Å². The van der Waals surface area contributed by atoms with Gasteiger partial charge in [0, 0.05) is 64.6 Å². The van der Waals surface area contributed by atoms with Crippen LogP contribution in [0.3, 0.4) is 0 Å². The van der Waals surface area contributed by atoms with Crippen LogP contribution in [0.25, 0.3) is 0 Å². The van der Waals surface area contributed by atoms with Crippen molar-refractivity contribution in [1.82, 2.24) is 0 Å². The summed E-state index contributed by atoms with van der Waals surface area (Å²) in [5.74, 6) is 0. The van der Waals surface area contributed by atoms with Gasteiger partial charge in [-0.05, 0) is 13.8 Å². The molecule has 0 aliphatic carbocycles. The van der Waals surface area contributed by atoms with Crippen molar-refractivity contribution >= 4 is 51.4 Å². The fourth-order valence-corrected chi connectivity index (χ4v) is 0.204. The molecule has 1 radical (unpaired) electrons. The smallest absolute Gasteiger partial charge is 0.0437 e. The molecular weight excluding hydrogens is 103 g/mol. The van der Waals surface area contributed by atoms with Crippen LogP contribution in [0, 0.1) is 0 Å². The van der Waals surface area contributed by atoms with E-state index in [0.717, 1.165) is 13.2 Å². The number of ether oxygens (including phenoxy) is 1. The summed E-state index contributed by atoms with van der Waals surface area (Å²) in [5.41, 5.74) is 0. The van der Waals surface area contributed by atoms with Crippen molar-refractivity contribution in [1.29, 1.82) is 0 Å². The van der Waals surface area contributed by atoms with Crippen molar-refractivity contribution in [3.05, 3.63) is 0 Å². The maximum Gasteiger partial charge on any atom is 0.0437 e. The second-order valence-electron chi connectivity index (χ2n) is 0.781. The Balaban J connectivity index is 0. The van der Waals surface area contributed by atoms with Crippen molar-refractivity contribution in [2.45, 2.75) is 13.8 Å². The quantitative estimate of drug-likeness (QED) is 0.478. The predicted molar refractivity (Wildman–Crippen MR) is 27.9 cm³/mol.